The van der Waals surface area contributed by atoms with Crippen molar-refractivity contribution in [3.05, 3.63) is 0 Å². The first-order valence-electron chi connectivity index (χ1n) is 5.64. The molecule has 0 aromatic rings. The van der Waals surface area contributed by atoms with Crippen LogP contribution in [-0.2, 0) is 0 Å². The van der Waals surface area contributed by atoms with Crippen LogP contribution in [0, 0.1) is 28.6 Å². The fourth-order valence-electron chi connectivity index (χ4n) is 4.72. The van der Waals surface area contributed by atoms with Crippen molar-refractivity contribution in [3.8, 4) is 0 Å². The molecule has 0 N–H and O–H groups in total. The first-order valence-corrected chi connectivity index (χ1v) is 5.64. The van der Waals surface area contributed by atoms with Gasteiger partial charge in [0.2, 0.25) is 0 Å². The lowest BCUT2D eigenvalue weighted by molar-refractivity contribution is 0.320. The molecular weight excluding hydrogens is 144 g/mol. The maximum atomic E-state index is 2.51. The highest BCUT2D eigenvalue weighted by atomic mass is 14.9. The van der Waals surface area contributed by atoms with Gasteiger partial charge in [0.05, 0.1) is 0 Å². The van der Waals surface area contributed by atoms with E-state index in [-0.39, 0.29) is 0 Å². The molecule has 3 rings (SSSR count). The molecule has 0 heterocycles. The van der Waals surface area contributed by atoms with Crippen LogP contribution in [0.1, 0.15) is 46.5 Å². The molecule has 3 aliphatic rings. The lowest BCUT2D eigenvalue weighted by atomic mass is 9.87. The van der Waals surface area contributed by atoms with Gasteiger partial charge in [-0.2, -0.15) is 0 Å². The molecule has 68 valence electrons. The molecule has 3 saturated carbocycles. The van der Waals surface area contributed by atoms with E-state index in [2.05, 4.69) is 20.8 Å². The third-order valence-electron chi connectivity index (χ3n) is 5.59. The van der Waals surface area contributed by atoms with Gasteiger partial charge in [-0.15, -0.1) is 0 Å². The van der Waals surface area contributed by atoms with E-state index in [1.807, 2.05) is 0 Å². The Morgan fingerprint density at radius 1 is 1.25 bits per heavy atom. The van der Waals surface area contributed by atoms with Gasteiger partial charge in [-0.3, -0.25) is 0 Å². The van der Waals surface area contributed by atoms with Crippen LogP contribution in [0.25, 0.3) is 0 Å². The van der Waals surface area contributed by atoms with Gasteiger partial charge >= 0.3 is 0 Å². The van der Waals surface area contributed by atoms with Gasteiger partial charge in [0.25, 0.3) is 0 Å². The summed E-state index contributed by atoms with van der Waals surface area (Å²) in [6.45, 7) is 7.40. The first-order chi connectivity index (χ1) is 5.64. The summed E-state index contributed by atoms with van der Waals surface area (Å²) < 4.78 is 0. The Bertz CT molecular complexity index is 228. The smallest absolute Gasteiger partial charge is 0.0176 e. The molecule has 0 amide bonds. The average Bonchev–Trinajstić information content (AvgIpc) is 2.85. The van der Waals surface area contributed by atoms with Crippen LogP contribution in [0.15, 0.2) is 0 Å². The topological polar surface area (TPSA) is 0 Å². The zero-order valence-corrected chi connectivity index (χ0v) is 8.56. The molecule has 12 heavy (non-hydrogen) atoms. The molecule has 0 nitrogen and oxygen atoms in total. The van der Waals surface area contributed by atoms with E-state index < -0.39 is 0 Å². The maximum absolute atomic E-state index is 2.51. The van der Waals surface area contributed by atoms with Crippen LogP contribution in [0.2, 0.25) is 0 Å². The fourth-order valence-corrected chi connectivity index (χ4v) is 4.72. The fraction of sp³-hybridized carbons (Fsp3) is 1.00. The Morgan fingerprint density at radius 2 is 2.00 bits per heavy atom. The van der Waals surface area contributed by atoms with Gasteiger partial charge in [-0.05, 0) is 47.8 Å². The first kappa shape index (κ1) is 7.41. The number of hydrogen-bond donors (Lipinski definition) is 0. The van der Waals surface area contributed by atoms with E-state index in [9.17, 15) is 0 Å². The van der Waals surface area contributed by atoms with E-state index in [0.29, 0.717) is 0 Å². The van der Waals surface area contributed by atoms with E-state index in [1.165, 1.54) is 12.8 Å². The highest BCUT2D eigenvalue weighted by Gasteiger charge is 2.83. The van der Waals surface area contributed by atoms with Gasteiger partial charge in [-0.25, -0.2) is 0 Å². The van der Waals surface area contributed by atoms with Crippen molar-refractivity contribution >= 4 is 0 Å². The Morgan fingerprint density at radius 3 is 2.67 bits per heavy atom. The molecule has 3 fully saturated rings. The van der Waals surface area contributed by atoms with Crippen LogP contribution >= 0.6 is 0 Å². The second-order valence-electron chi connectivity index (χ2n) is 5.87. The monoisotopic (exact) mass is 164 g/mol. The molecule has 0 aromatic heterocycles. The molecular formula is C12H20. The van der Waals surface area contributed by atoms with E-state index in [1.54, 1.807) is 12.8 Å². The Labute approximate surface area is 75.7 Å². The summed E-state index contributed by atoms with van der Waals surface area (Å²) in [6.07, 6.45) is 6.11. The van der Waals surface area contributed by atoms with Crippen molar-refractivity contribution in [2.75, 3.05) is 0 Å². The summed E-state index contributed by atoms with van der Waals surface area (Å²) in [7, 11) is 0. The average molecular weight is 164 g/mol. The normalized spacial score (nSPS) is 58.8. The van der Waals surface area contributed by atoms with Crippen LogP contribution in [0.5, 0.6) is 0 Å². The zero-order valence-electron chi connectivity index (χ0n) is 8.56. The van der Waals surface area contributed by atoms with Gasteiger partial charge in [-0.1, -0.05) is 27.2 Å². The van der Waals surface area contributed by atoms with Gasteiger partial charge in [0, 0.05) is 0 Å². The molecule has 0 bridgehead atoms. The summed E-state index contributed by atoms with van der Waals surface area (Å²) in [5.41, 5.74) is 1.62. The summed E-state index contributed by atoms with van der Waals surface area (Å²) in [5.74, 6) is 3.37. The van der Waals surface area contributed by atoms with E-state index in [4.69, 9.17) is 0 Å². The second-order valence-corrected chi connectivity index (χ2v) is 5.87. The molecule has 0 aliphatic heterocycles. The summed E-state index contributed by atoms with van der Waals surface area (Å²) in [6, 6.07) is 0. The van der Waals surface area contributed by atoms with Crippen LogP contribution < -0.4 is 0 Å². The molecule has 1 spiro atoms. The third-order valence-corrected chi connectivity index (χ3v) is 5.59. The minimum absolute atomic E-state index is 0.738. The molecule has 3 aliphatic carbocycles. The molecule has 4 atom stereocenters. The highest BCUT2D eigenvalue weighted by molar-refractivity contribution is 5.31. The molecule has 0 aromatic carbocycles. The van der Waals surface area contributed by atoms with Crippen molar-refractivity contribution in [2.24, 2.45) is 28.6 Å². The standard InChI is InChI=1S/C12H20/c1-4-8-5-6-10-11(2,3)12(10)7-9(8)12/h8-10H,4-7H2,1-3H3/t8-,9+,10-,12?/m1/s1. The SMILES string of the molecule is CC[C@@H]1CC[C@@H]2C(C)(C)C23C[C@@H]13. The van der Waals surface area contributed by atoms with E-state index in [0.717, 1.165) is 28.6 Å². The van der Waals surface area contributed by atoms with Crippen LogP contribution in [0.3, 0.4) is 0 Å². The van der Waals surface area contributed by atoms with Crippen LogP contribution in [-0.4, -0.2) is 0 Å². The third kappa shape index (κ3) is 0.533. The lowest BCUT2D eigenvalue weighted by Crippen LogP contribution is -2.09. The number of hydrogen-bond acceptors (Lipinski definition) is 0. The minimum atomic E-state index is 0.738. The predicted octanol–water partition coefficient (Wildman–Crippen LogP) is 3.47. The summed E-state index contributed by atoms with van der Waals surface area (Å²) in [4.78, 5) is 0. The highest BCUT2D eigenvalue weighted by Crippen LogP contribution is 2.89. The van der Waals surface area contributed by atoms with Gasteiger partial charge < -0.3 is 0 Å². The molecule has 0 saturated heterocycles. The minimum Gasteiger partial charge on any atom is -0.0651 e. The van der Waals surface area contributed by atoms with Gasteiger partial charge in [0.15, 0.2) is 0 Å². The lowest BCUT2D eigenvalue weighted by Gasteiger charge is -2.18. The van der Waals surface area contributed by atoms with E-state index >= 15 is 0 Å². The zero-order chi connectivity index (χ0) is 8.56. The number of rotatable bonds is 1. The molecule has 1 unspecified atom stereocenters. The summed E-state index contributed by atoms with van der Waals surface area (Å²) in [5, 5.41) is 0. The maximum Gasteiger partial charge on any atom is -0.0176 e. The van der Waals surface area contributed by atoms with Crippen molar-refractivity contribution in [1.82, 2.24) is 0 Å². The predicted molar refractivity (Wildman–Crippen MR) is 50.8 cm³/mol. The van der Waals surface area contributed by atoms with Crippen molar-refractivity contribution < 1.29 is 0 Å². The Hall–Kier alpha value is 0. The molecule has 0 heteroatoms. The molecule has 0 radical (unpaired) electrons. The van der Waals surface area contributed by atoms with Crippen molar-refractivity contribution in [3.63, 3.8) is 0 Å². The van der Waals surface area contributed by atoms with Crippen molar-refractivity contribution in [1.29, 1.82) is 0 Å². The van der Waals surface area contributed by atoms with Crippen molar-refractivity contribution in [2.45, 2.75) is 46.5 Å². The summed E-state index contributed by atoms with van der Waals surface area (Å²) >= 11 is 0. The van der Waals surface area contributed by atoms with Crippen LogP contribution in [0.4, 0.5) is 0 Å². The quantitative estimate of drug-likeness (QED) is 0.556. The second kappa shape index (κ2) is 1.76. The largest absolute Gasteiger partial charge is 0.0651 e. The Balaban J connectivity index is 1.87. The van der Waals surface area contributed by atoms with Gasteiger partial charge in [0.1, 0.15) is 0 Å². The Kier molecular flexibility index (Phi) is 1.09.